The molecule has 1 aromatic rings. The molecule has 2 nitrogen and oxygen atoms in total. The molecule has 1 heterocycles. The highest BCUT2D eigenvalue weighted by molar-refractivity contribution is 5.23. The van der Waals surface area contributed by atoms with E-state index >= 15 is 0 Å². The summed E-state index contributed by atoms with van der Waals surface area (Å²) >= 11 is 0. The van der Waals surface area contributed by atoms with E-state index < -0.39 is 0 Å². The molecule has 0 radical (unpaired) electrons. The van der Waals surface area contributed by atoms with Crippen molar-refractivity contribution in [3.8, 4) is 0 Å². The molecule has 0 bridgehead atoms. The van der Waals surface area contributed by atoms with E-state index in [4.69, 9.17) is 4.74 Å². The molecule has 2 atom stereocenters. The second-order valence-electron chi connectivity index (χ2n) is 5.59. The molecule has 0 spiro atoms. The number of benzene rings is 1. The van der Waals surface area contributed by atoms with E-state index in [1.54, 1.807) is 0 Å². The van der Waals surface area contributed by atoms with Crippen molar-refractivity contribution in [2.24, 2.45) is 5.92 Å². The summed E-state index contributed by atoms with van der Waals surface area (Å²) in [5, 5.41) is 3.63. The highest BCUT2D eigenvalue weighted by atomic mass is 16.5. The zero-order valence-corrected chi connectivity index (χ0v) is 12.3. The monoisotopic (exact) mass is 261 g/mol. The van der Waals surface area contributed by atoms with Crippen LogP contribution < -0.4 is 5.32 Å². The minimum absolute atomic E-state index is 0.587. The van der Waals surface area contributed by atoms with Crippen LogP contribution in [0.3, 0.4) is 0 Å². The third-order valence-electron chi connectivity index (χ3n) is 4.05. The van der Waals surface area contributed by atoms with E-state index in [1.165, 1.54) is 24.0 Å². The molecule has 1 N–H and O–H groups in total. The lowest BCUT2D eigenvalue weighted by molar-refractivity contribution is 0.181. The van der Waals surface area contributed by atoms with Crippen molar-refractivity contribution in [1.29, 1.82) is 0 Å². The van der Waals surface area contributed by atoms with Gasteiger partial charge in [-0.1, -0.05) is 38.1 Å². The minimum Gasteiger partial charge on any atom is -0.381 e. The standard InChI is InChI=1S/C17H27NO/c1-3-14-5-7-15(8-6-14)11-17(18-4-2)12-16-9-10-19-13-16/h5-8,16-18H,3-4,9-13H2,1-2H3. The van der Waals surface area contributed by atoms with Gasteiger partial charge in [-0.05, 0) is 49.3 Å². The molecule has 2 rings (SSSR count). The van der Waals surface area contributed by atoms with Crippen LogP contribution in [0.5, 0.6) is 0 Å². The molecule has 1 aliphatic rings. The van der Waals surface area contributed by atoms with E-state index in [0.29, 0.717) is 6.04 Å². The largest absolute Gasteiger partial charge is 0.381 e. The lowest BCUT2D eigenvalue weighted by Crippen LogP contribution is -2.33. The van der Waals surface area contributed by atoms with Crippen LogP contribution in [-0.2, 0) is 17.6 Å². The number of rotatable bonds is 7. The molecular weight excluding hydrogens is 234 g/mol. The first kappa shape index (κ1) is 14.5. The van der Waals surface area contributed by atoms with E-state index in [9.17, 15) is 0 Å². The van der Waals surface area contributed by atoms with Crippen LogP contribution in [0, 0.1) is 5.92 Å². The van der Waals surface area contributed by atoms with Gasteiger partial charge in [-0.3, -0.25) is 0 Å². The van der Waals surface area contributed by atoms with E-state index in [-0.39, 0.29) is 0 Å². The molecule has 1 aromatic carbocycles. The highest BCUT2D eigenvalue weighted by Gasteiger charge is 2.20. The van der Waals surface area contributed by atoms with Crippen molar-refractivity contribution in [1.82, 2.24) is 5.32 Å². The topological polar surface area (TPSA) is 21.3 Å². The molecule has 0 aliphatic carbocycles. The highest BCUT2D eigenvalue weighted by Crippen LogP contribution is 2.20. The van der Waals surface area contributed by atoms with Crippen LogP contribution in [0.1, 0.15) is 37.8 Å². The maximum atomic E-state index is 5.49. The van der Waals surface area contributed by atoms with Gasteiger partial charge >= 0.3 is 0 Å². The summed E-state index contributed by atoms with van der Waals surface area (Å²) in [6, 6.07) is 9.68. The number of ether oxygens (including phenoxy) is 1. The Bertz CT molecular complexity index is 354. The summed E-state index contributed by atoms with van der Waals surface area (Å²) < 4.78 is 5.49. The molecule has 0 amide bonds. The fraction of sp³-hybridized carbons (Fsp3) is 0.647. The van der Waals surface area contributed by atoms with E-state index in [0.717, 1.165) is 38.5 Å². The van der Waals surface area contributed by atoms with Crippen LogP contribution in [0.4, 0.5) is 0 Å². The number of hydrogen-bond acceptors (Lipinski definition) is 2. The molecule has 2 heteroatoms. The van der Waals surface area contributed by atoms with Crippen molar-refractivity contribution in [2.75, 3.05) is 19.8 Å². The quantitative estimate of drug-likeness (QED) is 0.814. The normalized spacial score (nSPS) is 20.6. The zero-order valence-electron chi connectivity index (χ0n) is 12.3. The number of aryl methyl sites for hydroxylation is 1. The molecule has 1 saturated heterocycles. The lowest BCUT2D eigenvalue weighted by Gasteiger charge is -2.21. The second kappa shape index (κ2) is 7.66. The number of hydrogen-bond donors (Lipinski definition) is 1. The van der Waals surface area contributed by atoms with E-state index in [1.807, 2.05) is 0 Å². The summed E-state index contributed by atoms with van der Waals surface area (Å²) in [5.74, 6) is 0.749. The van der Waals surface area contributed by atoms with Crippen molar-refractivity contribution in [3.05, 3.63) is 35.4 Å². The summed E-state index contributed by atoms with van der Waals surface area (Å²) in [7, 11) is 0. The predicted molar refractivity (Wildman–Crippen MR) is 80.5 cm³/mol. The summed E-state index contributed by atoms with van der Waals surface area (Å²) in [6.45, 7) is 7.35. The van der Waals surface area contributed by atoms with Gasteiger partial charge < -0.3 is 10.1 Å². The Morgan fingerprint density at radius 1 is 1.21 bits per heavy atom. The van der Waals surface area contributed by atoms with Crippen LogP contribution in [0.25, 0.3) is 0 Å². The summed E-state index contributed by atoms with van der Waals surface area (Å²) in [6.07, 6.45) is 4.73. The van der Waals surface area contributed by atoms with Gasteiger partial charge in [0.25, 0.3) is 0 Å². The first-order valence-electron chi connectivity index (χ1n) is 7.70. The van der Waals surface area contributed by atoms with Gasteiger partial charge in [0.1, 0.15) is 0 Å². The molecule has 1 fully saturated rings. The van der Waals surface area contributed by atoms with Crippen LogP contribution in [-0.4, -0.2) is 25.8 Å². The average molecular weight is 261 g/mol. The van der Waals surface area contributed by atoms with Crippen molar-refractivity contribution in [2.45, 2.75) is 45.6 Å². The average Bonchev–Trinajstić information content (AvgIpc) is 2.93. The van der Waals surface area contributed by atoms with Crippen molar-refractivity contribution in [3.63, 3.8) is 0 Å². The molecule has 2 unspecified atom stereocenters. The first-order valence-corrected chi connectivity index (χ1v) is 7.70. The molecular formula is C17H27NO. The Kier molecular flexibility index (Phi) is 5.87. The zero-order chi connectivity index (χ0) is 13.5. The molecule has 1 aliphatic heterocycles. The Labute approximate surface area is 117 Å². The van der Waals surface area contributed by atoms with Crippen LogP contribution >= 0.6 is 0 Å². The first-order chi connectivity index (χ1) is 9.31. The molecule has 0 aromatic heterocycles. The summed E-state index contributed by atoms with van der Waals surface area (Å²) in [4.78, 5) is 0. The number of likely N-dealkylation sites (N-methyl/N-ethyl adjacent to an activating group) is 1. The molecule has 19 heavy (non-hydrogen) atoms. The number of nitrogens with one attached hydrogen (secondary N) is 1. The fourth-order valence-electron chi connectivity index (χ4n) is 2.89. The van der Waals surface area contributed by atoms with Gasteiger partial charge in [0, 0.05) is 19.3 Å². The Morgan fingerprint density at radius 2 is 1.95 bits per heavy atom. The predicted octanol–water partition coefficient (Wildman–Crippen LogP) is 3.20. The Hall–Kier alpha value is -0.860. The van der Waals surface area contributed by atoms with Crippen molar-refractivity contribution < 1.29 is 4.74 Å². The second-order valence-corrected chi connectivity index (χ2v) is 5.59. The van der Waals surface area contributed by atoms with Gasteiger partial charge in [-0.25, -0.2) is 0 Å². The summed E-state index contributed by atoms with van der Waals surface area (Å²) in [5.41, 5.74) is 2.87. The third kappa shape index (κ3) is 4.63. The van der Waals surface area contributed by atoms with Gasteiger partial charge in [0.05, 0.1) is 0 Å². The maximum absolute atomic E-state index is 5.49. The SMILES string of the molecule is CCNC(Cc1ccc(CC)cc1)CC1CCOC1. The van der Waals surface area contributed by atoms with E-state index in [2.05, 4.69) is 43.4 Å². The molecule has 106 valence electrons. The minimum atomic E-state index is 0.587. The van der Waals surface area contributed by atoms with Gasteiger partial charge in [0.2, 0.25) is 0 Å². The molecule has 0 saturated carbocycles. The third-order valence-corrected chi connectivity index (χ3v) is 4.05. The van der Waals surface area contributed by atoms with Crippen molar-refractivity contribution >= 4 is 0 Å². The fourth-order valence-corrected chi connectivity index (χ4v) is 2.89. The van der Waals surface area contributed by atoms with Crippen LogP contribution in [0.15, 0.2) is 24.3 Å². The van der Waals surface area contributed by atoms with Gasteiger partial charge in [-0.15, -0.1) is 0 Å². The van der Waals surface area contributed by atoms with Gasteiger partial charge in [-0.2, -0.15) is 0 Å². The lowest BCUT2D eigenvalue weighted by atomic mass is 9.94. The van der Waals surface area contributed by atoms with Crippen LogP contribution in [0.2, 0.25) is 0 Å². The van der Waals surface area contributed by atoms with Gasteiger partial charge in [0.15, 0.2) is 0 Å². The maximum Gasteiger partial charge on any atom is 0.0495 e. The Balaban J connectivity index is 1.90. The Morgan fingerprint density at radius 3 is 2.53 bits per heavy atom. The smallest absolute Gasteiger partial charge is 0.0495 e.